The molecule has 4 heteroatoms. The Bertz CT molecular complexity index is 417. The van der Waals surface area contributed by atoms with Gasteiger partial charge >= 0.3 is 0 Å². The molecule has 0 saturated carbocycles. The Morgan fingerprint density at radius 1 is 1.33 bits per heavy atom. The minimum atomic E-state index is -0.821. The molecule has 1 aromatic carbocycles. The summed E-state index contributed by atoms with van der Waals surface area (Å²) in [6, 6.07) is 2.62. The SMILES string of the molecule is Cc1ccc(C(N)CC2CCCCO2)c(F)c1F. The third-order valence-electron chi connectivity index (χ3n) is 3.50. The molecule has 0 amide bonds. The van der Waals surface area contributed by atoms with E-state index in [9.17, 15) is 8.78 Å². The molecule has 18 heavy (non-hydrogen) atoms. The first-order chi connectivity index (χ1) is 8.59. The van der Waals surface area contributed by atoms with Gasteiger partial charge in [-0.15, -0.1) is 0 Å². The molecule has 2 rings (SSSR count). The highest BCUT2D eigenvalue weighted by Gasteiger charge is 2.22. The van der Waals surface area contributed by atoms with Gasteiger partial charge in [-0.3, -0.25) is 0 Å². The molecule has 2 unspecified atom stereocenters. The van der Waals surface area contributed by atoms with E-state index >= 15 is 0 Å². The maximum atomic E-state index is 13.8. The molecule has 0 spiro atoms. The molecular weight excluding hydrogens is 236 g/mol. The van der Waals surface area contributed by atoms with Crippen LogP contribution in [0.1, 0.15) is 42.9 Å². The molecule has 1 aliphatic heterocycles. The first-order valence-corrected chi connectivity index (χ1v) is 6.41. The average molecular weight is 255 g/mol. The summed E-state index contributed by atoms with van der Waals surface area (Å²) in [5.41, 5.74) is 6.50. The summed E-state index contributed by atoms with van der Waals surface area (Å²) in [5.74, 6) is -1.62. The second-order valence-electron chi connectivity index (χ2n) is 4.93. The van der Waals surface area contributed by atoms with Crippen molar-refractivity contribution < 1.29 is 13.5 Å². The van der Waals surface area contributed by atoms with Crippen molar-refractivity contribution in [2.45, 2.75) is 44.8 Å². The molecule has 1 saturated heterocycles. The Kier molecular flexibility index (Phi) is 4.30. The van der Waals surface area contributed by atoms with Gasteiger partial charge in [0.05, 0.1) is 6.10 Å². The molecule has 2 atom stereocenters. The Morgan fingerprint density at radius 2 is 2.11 bits per heavy atom. The normalized spacial score (nSPS) is 21.9. The van der Waals surface area contributed by atoms with Gasteiger partial charge in [0.25, 0.3) is 0 Å². The number of nitrogens with two attached hydrogens (primary N) is 1. The molecule has 100 valence electrons. The summed E-state index contributed by atoms with van der Waals surface area (Å²) in [6.07, 6.45) is 3.74. The van der Waals surface area contributed by atoms with Gasteiger partial charge in [0.1, 0.15) is 0 Å². The lowest BCUT2D eigenvalue weighted by Gasteiger charge is -2.25. The molecule has 0 bridgehead atoms. The van der Waals surface area contributed by atoms with E-state index < -0.39 is 17.7 Å². The Balaban J connectivity index is 2.08. The van der Waals surface area contributed by atoms with Crippen molar-refractivity contribution >= 4 is 0 Å². The minimum Gasteiger partial charge on any atom is -0.378 e. The number of aryl methyl sites for hydroxylation is 1. The van der Waals surface area contributed by atoms with Crippen molar-refractivity contribution in [3.05, 3.63) is 34.9 Å². The summed E-state index contributed by atoms with van der Waals surface area (Å²) in [6.45, 7) is 2.28. The van der Waals surface area contributed by atoms with Crippen LogP contribution in [-0.4, -0.2) is 12.7 Å². The molecule has 0 aromatic heterocycles. The monoisotopic (exact) mass is 255 g/mol. The van der Waals surface area contributed by atoms with E-state index in [-0.39, 0.29) is 11.7 Å². The molecule has 0 aliphatic carbocycles. The summed E-state index contributed by atoms with van der Waals surface area (Å²) >= 11 is 0. The second-order valence-corrected chi connectivity index (χ2v) is 4.93. The highest BCUT2D eigenvalue weighted by molar-refractivity contribution is 5.27. The predicted molar refractivity (Wildman–Crippen MR) is 66.2 cm³/mol. The maximum absolute atomic E-state index is 13.8. The fourth-order valence-electron chi connectivity index (χ4n) is 2.35. The number of hydrogen-bond donors (Lipinski definition) is 1. The number of rotatable bonds is 3. The maximum Gasteiger partial charge on any atom is 0.163 e. The van der Waals surface area contributed by atoms with E-state index in [0.29, 0.717) is 12.0 Å². The van der Waals surface area contributed by atoms with Crippen LogP contribution >= 0.6 is 0 Å². The number of halogens is 2. The van der Waals surface area contributed by atoms with Crippen LogP contribution in [0.4, 0.5) is 8.78 Å². The van der Waals surface area contributed by atoms with Gasteiger partial charge in [0.2, 0.25) is 0 Å². The number of benzene rings is 1. The van der Waals surface area contributed by atoms with E-state index in [4.69, 9.17) is 10.5 Å². The molecule has 2 nitrogen and oxygen atoms in total. The van der Waals surface area contributed by atoms with E-state index in [1.54, 1.807) is 12.1 Å². The van der Waals surface area contributed by atoms with Gasteiger partial charge in [-0.2, -0.15) is 0 Å². The lowest BCUT2D eigenvalue weighted by atomic mass is 9.96. The van der Waals surface area contributed by atoms with Crippen LogP contribution in [0.3, 0.4) is 0 Å². The van der Waals surface area contributed by atoms with E-state index in [2.05, 4.69) is 0 Å². The molecule has 1 heterocycles. The number of hydrogen-bond acceptors (Lipinski definition) is 2. The number of ether oxygens (including phenoxy) is 1. The second kappa shape index (κ2) is 5.76. The molecule has 0 radical (unpaired) electrons. The lowest BCUT2D eigenvalue weighted by Crippen LogP contribution is -2.25. The zero-order chi connectivity index (χ0) is 13.1. The summed E-state index contributed by atoms with van der Waals surface area (Å²) in [5, 5.41) is 0. The topological polar surface area (TPSA) is 35.2 Å². The molecule has 1 aromatic rings. The Morgan fingerprint density at radius 3 is 2.78 bits per heavy atom. The fourth-order valence-corrected chi connectivity index (χ4v) is 2.35. The van der Waals surface area contributed by atoms with Crippen LogP contribution in [-0.2, 0) is 4.74 Å². The van der Waals surface area contributed by atoms with Crippen LogP contribution in [0.2, 0.25) is 0 Å². The van der Waals surface area contributed by atoms with Gasteiger partial charge in [-0.05, 0) is 38.2 Å². The predicted octanol–water partition coefficient (Wildman–Crippen LogP) is 3.23. The zero-order valence-corrected chi connectivity index (χ0v) is 10.6. The van der Waals surface area contributed by atoms with Gasteiger partial charge in [0.15, 0.2) is 11.6 Å². The van der Waals surface area contributed by atoms with Gasteiger partial charge in [0, 0.05) is 18.2 Å². The average Bonchev–Trinajstić information content (AvgIpc) is 2.37. The van der Waals surface area contributed by atoms with Crippen molar-refractivity contribution in [3.63, 3.8) is 0 Å². The Hall–Kier alpha value is -1.00. The van der Waals surface area contributed by atoms with Crippen LogP contribution in [0.5, 0.6) is 0 Å². The first kappa shape index (κ1) is 13.4. The highest BCUT2D eigenvalue weighted by atomic mass is 19.2. The summed E-state index contributed by atoms with van der Waals surface area (Å²) in [4.78, 5) is 0. The fraction of sp³-hybridized carbons (Fsp3) is 0.571. The molecule has 1 aliphatic rings. The van der Waals surface area contributed by atoms with Gasteiger partial charge < -0.3 is 10.5 Å². The van der Waals surface area contributed by atoms with Gasteiger partial charge in [-0.25, -0.2) is 8.78 Å². The van der Waals surface area contributed by atoms with Crippen molar-refractivity contribution in [1.82, 2.24) is 0 Å². The highest BCUT2D eigenvalue weighted by Crippen LogP contribution is 2.26. The largest absolute Gasteiger partial charge is 0.378 e. The first-order valence-electron chi connectivity index (χ1n) is 6.41. The minimum absolute atomic E-state index is 0.0671. The van der Waals surface area contributed by atoms with E-state index in [1.807, 2.05) is 0 Å². The standard InChI is InChI=1S/C14H19F2NO/c1-9-5-6-11(14(16)13(9)15)12(17)8-10-4-2-3-7-18-10/h5-6,10,12H,2-4,7-8,17H2,1H3. The van der Waals surface area contributed by atoms with Crippen molar-refractivity contribution in [2.75, 3.05) is 6.61 Å². The third-order valence-corrected chi connectivity index (χ3v) is 3.50. The van der Waals surface area contributed by atoms with Crippen molar-refractivity contribution in [2.24, 2.45) is 5.73 Å². The Labute approximate surface area is 106 Å². The summed E-state index contributed by atoms with van der Waals surface area (Å²) < 4.78 is 32.8. The smallest absolute Gasteiger partial charge is 0.163 e. The summed E-state index contributed by atoms with van der Waals surface area (Å²) in [7, 11) is 0. The molecular formula is C14H19F2NO. The van der Waals surface area contributed by atoms with Crippen molar-refractivity contribution in [1.29, 1.82) is 0 Å². The lowest BCUT2D eigenvalue weighted by molar-refractivity contribution is 0.00710. The molecule has 2 N–H and O–H groups in total. The van der Waals surface area contributed by atoms with Crippen LogP contribution in [0.15, 0.2) is 12.1 Å². The van der Waals surface area contributed by atoms with Crippen LogP contribution in [0, 0.1) is 18.6 Å². The zero-order valence-electron chi connectivity index (χ0n) is 10.6. The van der Waals surface area contributed by atoms with E-state index in [1.165, 1.54) is 6.92 Å². The quantitative estimate of drug-likeness (QED) is 0.900. The molecule has 1 fully saturated rings. The third kappa shape index (κ3) is 2.87. The van der Waals surface area contributed by atoms with Crippen molar-refractivity contribution in [3.8, 4) is 0 Å². The van der Waals surface area contributed by atoms with Crippen LogP contribution in [0.25, 0.3) is 0 Å². The van der Waals surface area contributed by atoms with Gasteiger partial charge in [-0.1, -0.05) is 12.1 Å². The van der Waals surface area contributed by atoms with E-state index in [0.717, 1.165) is 25.9 Å². The van der Waals surface area contributed by atoms with Crippen LogP contribution < -0.4 is 5.73 Å².